The molecule has 2 heterocycles. The number of aromatic amines is 1. The minimum atomic E-state index is -0.0894. The van der Waals surface area contributed by atoms with Crippen LogP contribution in [-0.4, -0.2) is 30.2 Å². The van der Waals surface area contributed by atoms with Crippen LogP contribution in [-0.2, 0) is 18.4 Å². The molecule has 0 saturated heterocycles. The highest BCUT2D eigenvalue weighted by Crippen LogP contribution is 2.25. The summed E-state index contributed by atoms with van der Waals surface area (Å²) in [6.07, 6.45) is 0.277. The first-order chi connectivity index (χ1) is 16.5. The maximum Gasteiger partial charge on any atom is 0.226 e. The Balaban J connectivity index is 1.26. The van der Waals surface area contributed by atoms with Crippen LogP contribution >= 0.6 is 12.2 Å². The van der Waals surface area contributed by atoms with E-state index in [0.717, 1.165) is 39.5 Å². The Labute approximate surface area is 202 Å². The zero-order chi connectivity index (χ0) is 23.7. The number of H-pyrrole nitrogens is 1. The molecule has 0 fully saturated rings. The Morgan fingerprint density at radius 1 is 0.971 bits per heavy atom. The molecule has 5 aromatic rings. The van der Waals surface area contributed by atoms with Crippen molar-refractivity contribution in [2.45, 2.75) is 19.9 Å². The number of hydrogen-bond acceptors (Lipinski definition) is 4. The molecule has 34 heavy (non-hydrogen) atoms. The van der Waals surface area contributed by atoms with E-state index in [1.165, 1.54) is 5.56 Å². The van der Waals surface area contributed by atoms with Crippen LogP contribution < -0.4 is 5.32 Å². The predicted octanol–water partition coefficient (Wildman–Crippen LogP) is 5.50. The van der Waals surface area contributed by atoms with E-state index in [-0.39, 0.29) is 12.3 Å². The van der Waals surface area contributed by atoms with Crippen molar-refractivity contribution in [3.63, 3.8) is 0 Å². The lowest BCUT2D eigenvalue weighted by Crippen LogP contribution is -2.15. The molecule has 0 saturated carbocycles. The van der Waals surface area contributed by atoms with Gasteiger partial charge in [-0.1, -0.05) is 42.0 Å². The largest absolute Gasteiger partial charge is 0.327 e. The third-order valence-electron chi connectivity index (χ3n) is 5.84. The van der Waals surface area contributed by atoms with Gasteiger partial charge in [-0.25, -0.2) is 4.98 Å². The number of nitrogens with one attached hydrogen (secondary N) is 2. The maximum atomic E-state index is 12.6. The smallest absolute Gasteiger partial charge is 0.226 e. The standard InChI is InChI=1S/C26H24N6OS/c1-17-7-9-19(10-8-17)25-29-30-26(34)32(25)16-15-23(33)27-20-13-11-18(12-14-20)24-28-21-5-3-4-6-22(21)31(24)2/h3-14H,15-16H2,1-2H3,(H,27,33)(H,30,34). The fraction of sp³-hybridized carbons (Fsp3) is 0.154. The summed E-state index contributed by atoms with van der Waals surface area (Å²) in [5.41, 5.74) is 5.89. The average Bonchev–Trinajstić information content (AvgIpc) is 3.38. The van der Waals surface area contributed by atoms with Gasteiger partial charge in [0.15, 0.2) is 10.6 Å². The monoisotopic (exact) mass is 468 g/mol. The Morgan fingerprint density at radius 2 is 1.65 bits per heavy atom. The second-order valence-corrected chi connectivity index (χ2v) is 8.62. The SMILES string of the molecule is Cc1ccc(-c2n[nH]c(=S)n2CCC(=O)Nc2ccc(-c3nc4ccccc4n3C)cc2)cc1. The molecule has 0 spiro atoms. The molecule has 3 aromatic carbocycles. The number of para-hydroxylation sites is 2. The highest BCUT2D eigenvalue weighted by Gasteiger charge is 2.12. The van der Waals surface area contributed by atoms with Crippen LogP contribution in [0.4, 0.5) is 5.69 Å². The van der Waals surface area contributed by atoms with Gasteiger partial charge in [0.2, 0.25) is 5.91 Å². The van der Waals surface area contributed by atoms with Crippen LogP contribution in [0.3, 0.4) is 0 Å². The first-order valence-electron chi connectivity index (χ1n) is 11.0. The van der Waals surface area contributed by atoms with Crippen molar-refractivity contribution < 1.29 is 4.79 Å². The number of anilines is 1. The molecule has 0 unspecified atom stereocenters. The fourth-order valence-corrected chi connectivity index (χ4v) is 4.21. The van der Waals surface area contributed by atoms with Crippen LogP contribution in [0.2, 0.25) is 0 Å². The number of carbonyl (C=O) groups is 1. The normalized spacial score (nSPS) is 11.1. The van der Waals surface area contributed by atoms with E-state index < -0.39 is 0 Å². The summed E-state index contributed by atoms with van der Waals surface area (Å²) in [5.74, 6) is 1.52. The van der Waals surface area contributed by atoms with E-state index in [0.29, 0.717) is 11.3 Å². The number of amides is 1. The molecule has 0 bridgehead atoms. The molecule has 7 nitrogen and oxygen atoms in total. The molecular weight excluding hydrogens is 444 g/mol. The van der Waals surface area contributed by atoms with E-state index in [2.05, 4.69) is 26.1 Å². The van der Waals surface area contributed by atoms with E-state index >= 15 is 0 Å². The number of hydrogen-bond donors (Lipinski definition) is 2. The lowest BCUT2D eigenvalue weighted by atomic mass is 10.1. The molecule has 2 aromatic heterocycles. The minimum absolute atomic E-state index is 0.0894. The van der Waals surface area contributed by atoms with Gasteiger partial charge in [-0.3, -0.25) is 14.5 Å². The number of carbonyl (C=O) groups excluding carboxylic acids is 1. The van der Waals surface area contributed by atoms with Crippen molar-refractivity contribution in [2.75, 3.05) is 5.32 Å². The number of nitrogens with zero attached hydrogens (tertiary/aromatic N) is 4. The third kappa shape index (κ3) is 4.27. The van der Waals surface area contributed by atoms with E-state index in [1.807, 2.05) is 85.3 Å². The Kier molecular flexibility index (Phi) is 5.81. The van der Waals surface area contributed by atoms with Crippen molar-refractivity contribution in [3.8, 4) is 22.8 Å². The lowest BCUT2D eigenvalue weighted by molar-refractivity contribution is -0.116. The summed E-state index contributed by atoms with van der Waals surface area (Å²) in [6, 6.07) is 23.8. The predicted molar refractivity (Wildman–Crippen MR) is 137 cm³/mol. The summed E-state index contributed by atoms with van der Waals surface area (Å²) in [4.78, 5) is 17.4. The zero-order valence-corrected chi connectivity index (χ0v) is 19.8. The Hall–Kier alpha value is -4.04. The second kappa shape index (κ2) is 9.07. The number of aryl methyl sites for hydroxylation is 2. The third-order valence-corrected chi connectivity index (χ3v) is 6.16. The van der Waals surface area contributed by atoms with E-state index in [4.69, 9.17) is 17.2 Å². The van der Waals surface area contributed by atoms with Crippen LogP contribution in [0.5, 0.6) is 0 Å². The first-order valence-corrected chi connectivity index (χ1v) is 11.4. The summed E-state index contributed by atoms with van der Waals surface area (Å²) < 4.78 is 4.42. The van der Waals surface area contributed by atoms with Crippen LogP contribution in [0.1, 0.15) is 12.0 Å². The van der Waals surface area contributed by atoms with Gasteiger partial charge in [0.05, 0.1) is 11.0 Å². The van der Waals surface area contributed by atoms with Crippen molar-refractivity contribution in [2.24, 2.45) is 7.05 Å². The molecular formula is C26H24N6OS. The number of fused-ring (bicyclic) bond motifs is 1. The number of benzene rings is 3. The maximum absolute atomic E-state index is 12.6. The molecule has 0 aliphatic rings. The molecule has 0 aliphatic carbocycles. The molecule has 8 heteroatoms. The minimum Gasteiger partial charge on any atom is -0.327 e. The summed E-state index contributed by atoms with van der Waals surface area (Å²) in [7, 11) is 2.01. The topological polar surface area (TPSA) is 80.5 Å². The van der Waals surface area contributed by atoms with Crippen molar-refractivity contribution in [1.82, 2.24) is 24.3 Å². The summed E-state index contributed by atoms with van der Waals surface area (Å²) in [6.45, 7) is 2.47. The first kappa shape index (κ1) is 21.8. The van der Waals surface area contributed by atoms with Gasteiger partial charge >= 0.3 is 0 Å². The van der Waals surface area contributed by atoms with Gasteiger partial charge in [-0.05, 0) is 55.5 Å². The highest BCUT2D eigenvalue weighted by molar-refractivity contribution is 7.71. The van der Waals surface area contributed by atoms with Gasteiger partial charge in [0, 0.05) is 36.8 Å². The van der Waals surface area contributed by atoms with Crippen molar-refractivity contribution >= 4 is 34.8 Å². The molecule has 170 valence electrons. The Bertz CT molecular complexity index is 1530. The van der Waals surface area contributed by atoms with Crippen LogP contribution in [0, 0.1) is 11.7 Å². The number of aromatic nitrogens is 5. The van der Waals surface area contributed by atoms with Gasteiger partial charge in [-0.15, -0.1) is 0 Å². The molecule has 0 aliphatic heterocycles. The average molecular weight is 469 g/mol. The van der Waals surface area contributed by atoms with Gasteiger partial charge in [0.25, 0.3) is 0 Å². The van der Waals surface area contributed by atoms with Gasteiger partial charge < -0.3 is 9.88 Å². The fourth-order valence-electron chi connectivity index (χ4n) is 3.99. The van der Waals surface area contributed by atoms with E-state index in [1.54, 1.807) is 0 Å². The van der Waals surface area contributed by atoms with Crippen molar-refractivity contribution in [1.29, 1.82) is 0 Å². The highest BCUT2D eigenvalue weighted by atomic mass is 32.1. The number of imidazole rings is 1. The summed E-state index contributed by atoms with van der Waals surface area (Å²) in [5, 5.41) is 10.1. The van der Waals surface area contributed by atoms with Gasteiger partial charge in [0.1, 0.15) is 5.82 Å². The molecule has 1 amide bonds. The molecule has 0 atom stereocenters. The van der Waals surface area contributed by atoms with Crippen LogP contribution in [0.15, 0.2) is 72.8 Å². The van der Waals surface area contributed by atoms with Gasteiger partial charge in [-0.2, -0.15) is 5.10 Å². The zero-order valence-electron chi connectivity index (χ0n) is 18.9. The summed E-state index contributed by atoms with van der Waals surface area (Å²) >= 11 is 5.38. The van der Waals surface area contributed by atoms with E-state index in [9.17, 15) is 4.79 Å². The van der Waals surface area contributed by atoms with Crippen molar-refractivity contribution in [3.05, 3.63) is 83.1 Å². The molecule has 5 rings (SSSR count). The Morgan fingerprint density at radius 3 is 2.38 bits per heavy atom. The molecule has 2 N–H and O–H groups in total. The number of rotatable bonds is 6. The molecule has 0 radical (unpaired) electrons. The van der Waals surface area contributed by atoms with Crippen LogP contribution in [0.25, 0.3) is 33.8 Å². The second-order valence-electron chi connectivity index (χ2n) is 8.23. The quantitative estimate of drug-likeness (QED) is 0.323. The lowest BCUT2D eigenvalue weighted by Gasteiger charge is -2.09.